The number of carbonyl (C=O) groups excluding carboxylic acids is 1. The second kappa shape index (κ2) is 4.19. The summed E-state index contributed by atoms with van der Waals surface area (Å²) in [6, 6.07) is 0. The number of nitrogens with two attached hydrogens (primary N) is 1. The zero-order valence-corrected chi connectivity index (χ0v) is 8.73. The normalized spacial score (nSPS) is 33.2. The number of thioether (sulfide) groups is 1. The summed E-state index contributed by atoms with van der Waals surface area (Å²) in [7, 11) is 0. The van der Waals surface area contributed by atoms with E-state index in [2.05, 4.69) is 11.7 Å². The Kier molecular flexibility index (Phi) is 3.44. The minimum absolute atomic E-state index is 0.0116. The lowest BCUT2D eigenvalue weighted by atomic mass is 10.3. The predicted molar refractivity (Wildman–Crippen MR) is 51.6 cm³/mol. The van der Waals surface area contributed by atoms with Crippen LogP contribution in [0.5, 0.6) is 0 Å². The van der Waals surface area contributed by atoms with Crippen molar-refractivity contribution in [2.45, 2.75) is 31.3 Å². The molecule has 1 fully saturated rings. The predicted octanol–water partition coefficient (Wildman–Crippen LogP) is 1.34. The Morgan fingerprint density at radius 1 is 1.85 bits per heavy atom. The molecule has 4 nitrogen and oxygen atoms in total. The number of ether oxygens (including phenoxy) is 2. The van der Waals surface area contributed by atoms with Crippen LogP contribution in [0.25, 0.3) is 0 Å². The van der Waals surface area contributed by atoms with Crippen molar-refractivity contribution in [3.63, 3.8) is 0 Å². The fraction of sp³-hybridized carbons (Fsp3) is 0.875. The van der Waals surface area contributed by atoms with Crippen molar-refractivity contribution in [1.29, 1.82) is 0 Å². The lowest BCUT2D eigenvalue weighted by Crippen LogP contribution is -2.27. The molecule has 1 rings (SSSR count). The summed E-state index contributed by atoms with van der Waals surface area (Å²) in [4.78, 5) is 10.2. The van der Waals surface area contributed by atoms with Gasteiger partial charge in [-0.3, -0.25) is 0 Å². The SMILES string of the molecule is CC[C@@]1(C)O[C@@H](COC(N)=O)CS1. The highest BCUT2D eigenvalue weighted by molar-refractivity contribution is 8.00. The molecule has 0 bridgehead atoms. The van der Waals surface area contributed by atoms with Crippen molar-refractivity contribution in [2.75, 3.05) is 12.4 Å². The van der Waals surface area contributed by atoms with Crippen molar-refractivity contribution in [1.82, 2.24) is 0 Å². The Morgan fingerprint density at radius 2 is 2.54 bits per heavy atom. The van der Waals surface area contributed by atoms with Gasteiger partial charge in [0, 0.05) is 5.75 Å². The first-order chi connectivity index (χ1) is 6.06. The highest BCUT2D eigenvalue weighted by Gasteiger charge is 2.35. The summed E-state index contributed by atoms with van der Waals surface area (Å²) >= 11 is 1.75. The van der Waals surface area contributed by atoms with Crippen LogP contribution in [0.15, 0.2) is 0 Å². The van der Waals surface area contributed by atoms with E-state index >= 15 is 0 Å². The van der Waals surface area contributed by atoms with Gasteiger partial charge in [0.25, 0.3) is 0 Å². The van der Waals surface area contributed by atoms with Gasteiger partial charge in [-0.2, -0.15) is 0 Å². The summed E-state index contributed by atoms with van der Waals surface area (Å²) in [6.07, 6.45) is 0.200. The lowest BCUT2D eigenvalue weighted by molar-refractivity contribution is -0.0266. The fourth-order valence-corrected chi connectivity index (χ4v) is 2.24. The number of carbonyl (C=O) groups is 1. The van der Waals surface area contributed by atoms with Gasteiger partial charge in [-0.15, -0.1) is 11.8 Å². The minimum atomic E-state index is -0.737. The molecule has 1 aliphatic rings. The molecule has 1 saturated heterocycles. The van der Waals surface area contributed by atoms with Crippen molar-refractivity contribution < 1.29 is 14.3 Å². The van der Waals surface area contributed by atoms with E-state index in [1.54, 1.807) is 11.8 Å². The fourth-order valence-electron chi connectivity index (χ4n) is 1.13. The van der Waals surface area contributed by atoms with Crippen LogP contribution >= 0.6 is 11.8 Å². The van der Waals surface area contributed by atoms with Crippen molar-refractivity contribution >= 4 is 17.9 Å². The average molecular weight is 205 g/mol. The van der Waals surface area contributed by atoms with Gasteiger partial charge in [0.05, 0.1) is 0 Å². The number of hydrogen-bond donors (Lipinski definition) is 1. The van der Waals surface area contributed by atoms with E-state index < -0.39 is 6.09 Å². The standard InChI is InChI=1S/C8H15NO3S/c1-3-8(2)12-6(5-13-8)4-11-7(9)10/h6H,3-5H2,1-2H3,(H2,9,10)/t6-,8-/m0/s1. The Labute approximate surface area is 82.1 Å². The Hall–Kier alpha value is -0.420. The van der Waals surface area contributed by atoms with Gasteiger partial charge >= 0.3 is 6.09 Å². The number of amides is 1. The summed E-state index contributed by atoms with van der Waals surface area (Å²) in [5, 5.41) is 0. The largest absolute Gasteiger partial charge is 0.447 e. The summed E-state index contributed by atoms with van der Waals surface area (Å²) in [5.74, 6) is 0.859. The average Bonchev–Trinajstić information content (AvgIpc) is 2.45. The van der Waals surface area contributed by atoms with Crippen LogP contribution in [0.2, 0.25) is 0 Å². The first-order valence-corrected chi connectivity index (χ1v) is 5.28. The van der Waals surface area contributed by atoms with Crippen LogP contribution in [0.3, 0.4) is 0 Å². The number of primary amides is 1. The van der Waals surface area contributed by atoms with Gasteiger partial charge in [0.1, 0.15) is 17.6 Å². The molecule has 0 aromatic rings. The van der Waals surface area contributed by atoms with E-state index in [1.807, 2.05) is 6.92 Å². The van der Waals surface area contributed by atoms with E-state index in [0.29, 0.717) is 0 Å². The molecule has 13 heavy (non-hydrogen) atoms. The first-order valence-electron chi connectivity index (χ1n) is 4.30. The van der Waals surface area contributed by atoms with Crippen molar-refractivity contribution in [2.24, 2.45) is 5.73 Å². The number of rotatable bonds is 3. The molecule has 0 saturated carbocycles. The van der Waals surface area contributed by atoms with Gasteiger partial charge in [0.2, 0.25) is 0 Å². The zero-order chi connectivity index (χ0) is 9.90. The van der Waals surface area contributed by atoms with Crippen LogP contribution < -0.4 is 5.73 Å². The quantitative estimate of drug-likeness (QED) is 0.755. The van der Waals surface area contributed by atoms with Crippen LogP contribution in [0.4, 0.5) is 4.79 Å². The second-order valence-electron chi connectivity index (χ2n) is 3.17. The topological polar surface area (TPSA) is 61.6 Å². The molecule has 1 aliphatic heterocycles. The van der Waals surface area contributed by atoms with E-state index in [0.717, 1.165) is 12.2 Å². The highest BCUT2D eigenvalue weighted by atomic mass is 32.2. The molecule has 0 aliphatic carbocycles. The highest BCUT2D eigenvalue weighted by Crippen LogP contribution is 2.38. The second-order valence-corrected chi connectivity index (χ2v) is 4.65. The first kappa shape index (κ1) is 10.7. The van der Waals surface area contributed by atoms with Gasteiger partial charge in [-0.25, -0.2) is 4.79 Å². The third kappa shape index (κ3) is 3.08. The van der Waals surface area contributed by atoms with E-state index in [1.165, 1.54) is 0 Å². The van der Waals surface area contributed by atoms with Crippen LogP contribution in [0, 0.1) is 0 Å². The van der Waals surface area contributed by atoms with Gasteiger partial charge in [0.15, 0.2) is 0 Å². The molecule has 2 atom stereocenters. The monoisotopic (exact) mass is 205 g/mol. The van der Waals surface area contributed by atoms with Crippen molar-refractivity contribution in [3.05, 3.63) is 0 Å². The molecule has 1 heterocycles. The molecular weight excluding hydrogens is 190 g/mol. The molecule has 0 aromatic heterocycles. The maximum absolute atomic E-state index is 10.3. The lowest BCUT2D eigenvalue weighted by Gasteiger charge is -2.21. The molecule has 0 aromatic carbocycles. The Bertz CT molecular complexity index is 200. The van der Waals surface area contributed by atoms with Crippen molar-refractivity contribution in [3.8, 4) is 0 Å². The Balaban J connectivity index is 2.29. The smallest absolute Gasteiger partial charge is 0.404 e. The molecular formula is C8H15NO3S. The number of hydrogen-bond acceptors (Lipinski definition) is 4. The summed E-state index contributed by atoms with van der Waals surface area (Å²) < 4.78 is 10.3. The Morgan fingerprint density at radius 3 is 3.00 bits per heavy atom. The van der Waals surface area contributed by atoms with E-state index in [-0.39, 0.29) is 17.6 Å². The third-order valence-corrected chi connectivity index (χ3v) is 3.58. The zero-order valence-electron chi connectivity index (χ0n) is 7.91. The maximum atomic E-state index is 10.3. The van der Waals surface area contributed by atoms with Gasteiger partial charge < -0.3 is 15.2 Å². The van der Waals surface area contributed by atoms with E-state index in [9.17, 15) is 4.79 Å². The minimum Gasteiger partial charge on any atom is -0.447 e. The molecule has 1 amide bonds. The van der Waals surface area contributed by atoms with Crippen LogP contribution in [-0.4, -0.2) is 29.5 Å². The molecule has 2 N–H and O–H groups in total. The molecule has 0 spiro atoms. The molecule has 5 heteroatoms. The molecule has 0 radical (unpaired) electrons. The van der Waals surface area contributed by atoms with Crippen LogP contribution in [0.1, 0.15) is 20.3 Å². The van der Waals surface area contributed by atoms with Crippen LogP contribution in [-0.2, 0) is 9.47 Å². The van der Waals surface area contributed by atoms with Gasteiger partial charge in [-0.05, 0) is 13.3 Å². The summed E-state index contributed by atoms with van der Waals surface area (Å²) in [6.45, 7) is 4.38. The summed E-state index contributed by atoms with van der Waals surface area (Å²) in [5.41, 5.74) is 4.85. The van der Waals surface area contributed by atoms with E-state index in [4.69, 9.17) is 10.5 Å². The molecule has 76 valence electrons. The van der Waals surface area contributed by atoms with Gasteiger partial charge in [-0.1, -0.05) is 6.92 Å². The third-order valence-electron chi connectivity index (χ3n) is 2.04. The maximum Gasteiger partial charge on any atom is 0.404 e. The molecule has 0 unspecified atom stereocenters.